The molecule has 0 radical (unpaired) electrons. The second-order valence-electron chi connectivity index (χ2n) is 5.97. The molecule has 0 spiro atoms. The van der Waals surface area contributed by atoms with Crippen LogP contribution in [0.3, 0.4) is 0 Å². The van der Waals surface area contributed by atoms with Crippen molar-refractivity contribution in [3.8, 4) is 0 Å². The molecule has 0 saturated heterocycles. The van der Waals surface area contributed by atoms with Gasteiger partial charge in [0.25, 0.3) is 15.9 Å². The average molecular weight is 437 g/mol. The van der Waals surface area contributed by atoms with Gasteiger partial charge in [-0.05, 0) is 37.3 Å². The number of para-hydroxylation sites is 1. The van der Waals surface area contributed by atoms with Gasteiger partial charge in [-0.15, -0.1) is 0 Å². The molecule has 2 aromatic rings. The molecule has 0 saturated carbocycles. The molecule has 2 N–H and O–H groups in total. The van der Waals surface area contributed by atoms with E-state index in [1.54, 1.807) is 30.3 Å². The zero-order valence-electron chi connectivity index (χ0n) is 14.7. The van der Waals surface area contributed by atoms with Crippen LogP contribution in [0.4, 0.5) is 24.5 Å². The van der Waals surface area contributed by atoms with Crippen LogP contribution >= 0.6 is 11.6 Å². The van der Waals surface area contributed by atoms with E-state index in [4.69, 9.17) is 11.6 Å². The first-order valence-electron chi connectivity index (χ1n) is 7.72. The summed E-state index contributed by atoms with van der Waals surface area (Å²) < 4.78 is 64.6. The first-order valence-corrected chi connectivity index (χ1v) is 9.54. The summed E-state index contributed by atoms with van der Waals surface area (Å²) in [5.41, 5.74) is -3.54. The quantitative estimate of drug-likeness (QED) is 0.752. The molecule has 152 valence electrons. The number of carbonyl (C=O) groups excluding carboxylic acids is 1. The molecule has 28 heavy (non-hydrogen) atoms. The summed E-state index contributed by atoms with van der Waals surface area (Å²) in [7, 11) is -2.68. The topological polar surface area (TPSA) is 86.7 Å². The van der Waals surface area contributed by atoms with Crippen molar-refractivity contribution in [3.05, 3.63) is 53.6 Å². The van der Waals surface area contributed by atoms with Crippen LogP contribution in [0.15, 0.2) is 53.4 Å². The van der Waals surface area contributed by atoms with Crippen LogP contribution < -0.4 is 9.62 Å². The van der Waals surface area contributed by atoms with Gasteiger partial charge in [0, 0.05) is 7.05 Å². The third-order valence-electron chi connectivity index (χ3n) is 3.96. The SMILES string of the molecule is CN(c1ccccc1)S(=O)(=O)c1ccc(NC(=O)[C@@](C)(O)C(F)(F)F)c(Cl)c1. The second kappa shape index (κ2) is 7.61. The summed E-state index contributed by atoms with van der Waals surface area (Å²) in [6.07, 6.45) is -5.20. The highest BCUT2D eigenvalue weighted by Gasteiger charge is 2.55. The fraction of sp³-hybridized carbons (Fsp3) is 0.235. The van der Waals surface area contributed by atoms with Gasteiger partial charge in [-0.3, -0.25) is 9.10 Å². The van der Waals surface area contributed by atoms with Crippen molar-refractivity contribution in [2.24, 2.45) is 0 Å². The van der Waals surface area contributed by atoms with E-state index in [0.717, 1.165) is 22.5 Å². The van der Waals surface area contributed by atoms with Gasteiger partial charge in [-0.25, -0.2) is 8.42 Å². The lowest BCUT2D eigenvalue weighted by atomic mass is 10.1. The predicted octanol–water partition coefficient (Wildman–Crippen LogP) is 3.42. The summed E-state index contributed by atoms with van der Waals surface area (Å²) in [5.74, 6) is -1.75. The van der Waals surface area contributed by atoms with Crippen LogP contribution in [-0.4, -0.2) is 38.3 Å². The number of anilines is 2. The van der Waals surface area contributed by atoms with Crippen LogP contribution in [0.5, 0.6) is 0 Å². The molecular formula is C17H16ClF3N2O4S. The van der Waals surface area contributed by atoms with Gasteiger partial charge in [-0.1, -0.05) is 29.8 Å². The van der Waals surface area contributed by atoms with Gasteiger partial charge in [0.15, 0.2) is 0 Å². The van der Waals surface area contributed by atoms with Gasteiger partial charge in [0.2, 0.25) is 5.60 Å². The van der Waals surface area contributed by atoms with Crippen molar-refractivity contribution >= 4 is 38.9 Å². The summed E-state index contributed by atoms with van der Waals surface area (Å²) in [6, 6.07) is 11.3. The Balaban J connectivity index is 2.31. The third-order valence-corrected chi connectivity index (χ3v) is 6.06. The average Bonchev–Trinajstić information content (AvgIpc) is 2.62. The highest BCUT2D eigenvalue weighted by molar-refractivity contribution is 7.92. The van der Waals surface area contributed by atoms with E-state index in [2.05, 4.69) is 0 Å². The smallest absolute Gasteiger partial charge is 0.373 e. The number of sulfonamides is 1. The fourth-order valence-corrected chi connectivity index (χ4v) is 3.58. The minimum atomic E-state index is -5.20. The molecule has 0 aliphatic rings. The molecule has 1 atom stereocenters. The lowest BCUT2D eigenvalue weighted by Crippen LogP contribution is -2.52. The Morgan fingerprint density at radius 1 is 1.14 bits per heavy atom. The van der Waals surface area contributed by atoms with E-state index < -0.39 is 27.7 Å². The highest BCUT2D eigenvalue weighted by Crippen LogP contribution is 2.33. The molecule has 0 bridgehead atoms. The molecule has 2 aromatic carbocycles. The number of amides is 1. The number of hydrogen-bond acceptors (Lipinski definition) is 4. The number of alkyl halides is 3. The van der Waals surface area contributed by atoms with Gasteiger partial charge >= 0.3 is 6.18 Å². The van der Waals surface area contributed by atoms with Gasteiger partial charge in [0.1, 0.15) is 0 Å². The minimum Gasteiger partial charge on any atom is -0.373 e. The van der Waals surface area contributed by atoms with Crippen LogP contribution in [0.25, 0.3) is 0 Å². The summed E-state index contributed by atoms with van der Waals surface area (Å²) in [5, 5.41) is 10.9. The monoisotopic (exact) mass is 436 g/mol. The number of rotatable bonds is 5. The minimum absolute atomic E-state index is 0.232. The second-order valence-corrected chi connectivity index (χ2v) is 8.35. The maximum Gasteiger partial charge on any atom is 0.426 e. The molecule has 0 heterocycles. The molecule has 11 heteroatoms. The van der Waals surface area contributed by atoms with Gasteiger partial charge in [0.05, 0.1) is 21.3 Å². The molecule has 0 aliphatic heterocycles. The summed E-state index contributed by atoms with van der Waals surface area (Å²) >= 11 is 5.93. The van der Waals surface area contributed by atoms with Crippen LogP contribution in [0, 0.1) is 0 Å². The number of benzene rings is 2. The standard InChI is InChI=1S/C17H16ClF3N2O4S/c1-16(25,17(19,20)21)15(24)22-14-9-8-12(10-13(14)18)28(26,27)23(2)11-6-4-3-5-7-11/h3-10,25H,1-2H3,(H,22,24)/t16-/m1/s1. The lowest BCUT2D eigenvalue weighted by Gasteiger charge is -2.25. The number of hydrogen-bond donors (Lipinski definition) is 2. The van der Waals surface area contributed by atoms with Crippen LogP contribution in [-0.2, 0) is 14.8 Å². The number of halogens is 4. The number of nitrogens with one attached hydrogen (secondary N) is 1. The van der Waals surface area contributed by atoms with Gasteiger partial charge < -0.3 is 10.4 Å². The summed E-state index contributed by atoms with van der Waals surface area (Å²) in [4.78, 5) is 11.5. The van der Waals surface area contributed by atoms with E-state index in [9.17, 15) is 31.5 Å². The number of aliphatic hydroxyl groups is 1. The van der Waals surface area contributed by atoms with Crippen molar-refractivity contribution in [2.45, 2.75) is 23.6 Å². The molecule has 2 rings (SSSR count). The Morgan fingerprint density at radius 2 is 1.71 bits per heavy atom. The highest BCUT2D eigenvalue weighted by atomic mass is 35.5. The molecule has 0 aliphatic carbocycles. The third kappa shape index (κ3) is 4.23. The van der Waals surface area contributed by atoms with Crippen molar-refractivity contribution in [2.75, 3.05) is 16.7 Å². The van der Waals surface area contributed by atoms with Crippen LogP contribution in [0.2, 0.25) is 5.02 Å². The molecular weight excluding hydrogens is 421 g/mol. The largest absolute Gasteiger partial charge is 0.426 e. The molecule has 6 nitrogen and oxygen atoms in total. The molecule has 0 aromatic heterocycles. The van der Waals surface area contributed by atoms with Crippen molar-refractivity contribution in [1.29, 1.82) is 0 Å². The molecule has 0 unspecified atom stereocenters. The Labute approximate surface area is 164 Å². The van der Waals surface area contributed by atoms with E-state index in [0.29, 0.717) is 12.6 Å². The van der Waals surface area contributed by atoms with Crippen molar-refractivity contribution in [1.82, 2.24) is 0 Å². The van der Waals surface area contributed by atoms with E-state index in [1.165, 1.54) is 7.05 Å². The first-order chi connectivity index (χ1) is 12.8. The zero-order chi connectivity index (χ0) is 21.3. The Bertz CT molecular complexity index is 980. The van der Waals surface area contributed by atoms with E-state index in [-0.39, 0.29) is 15.6 Å². The van der Waals surface area contributed by atoms with E-state index >= 15 is 0 Å². The van der Waals surface area contributed by atoms with Crippen molar-refractivity contribution in [3.63, 3.8) is 0 Å². The number of carbonyl (C=O) groups is 1. The Hall–Kier alpha value is -2.30. The Kier molecular flexibility index (Phi) is 5.98. The van der Waals surface area contributed by atoms with Gasteiger partial charge in [-0.2, -0.15) is 13.2 Å². The molecule has 0 fully saturated rings. The van der Waals surface area contributed by atoms with E-state index in [1.807, 2.05) is 5.32 Å². The van der Waals surface area contributed by atoms with Crippen LogP contribution in [0.1, 0.15) is 6.92 Å². The summed E-state index contributed by atoms with van der Waals surface area (Å²) in [6.45, 7) is 0.296. The van der Waals surface area contributed by atoms with Crippen molar-refractivity contribution < 1.29 is 31.5 Å². The maximum atomic E-state index is 12.7. The number of nitrogens with zero attached hydrogens (tertiary/aromatic N) is 1. The lowest BCUT2D eigenvalue weighted by molar-refractivity contribution is -0.242. The maximum absolute atomic E-state index is 12.7. The predicted molar refractivity (Wildman–Crippen MR) is 98.8 cm³/mol. The normalized spacial score (nSPS) is 14.2. The Morgan fingerprint density at radius 3 is 2.21 bits per heavy atom. The first kappa shape index (κ1) is 22.0. The fourth-order valence-electron chi connectivity index (χ4n) is 2.07. The zero-order valence-corrected chi connectivity index (χ0v) is 16.2. The molecule has 1 amide bonds.